The van der Waals surface area contributed by atoms with Gasteiger partial charge in [0.15, 0.2) is 5.69 Å². The summed E-state index contributed by atoms with van der Waals surface area (Å²) in [5.74, 6) is 0. The number of aliphatic hydroxyl groups excluding tert-OH is 1. The maximum Gasteiger partial charge on any atom is 0.435 e. The van der Waals surface area contributed by atoms with Crippen LogP contribution in [0.1, 0.15) is 23.4 Å². The standard InChI is InChI=1S/C16H15ClF3N5O/c17-12-3-5-14(6-4-12)25-10-13(21-23-25)9-24-8-11(2-1-7-26)15(22-24)16(18,19)20/h3-6,8,10,26H,1-2,7,9H2. The summed E-state index contributed by atoms with van der Waals surface area (Å²) < 4.78 is 42.0. The Labute approximate surface area is 151 Å². The number of rotatable bonds is 6. The van der Waals surface area contributed by atoms with Gasteiger partial charge in [0.25, 0.3) is 0 Å². The molecule has 1 aromatic carbocycles. The highest BCUT2D eigenvalue weighted by Gasteiger charge is 2.36. The van der Waals surface area contributed by atoms with Crippen LogP contribution in [0.3, 0.4) is 0 Å². The molecule has 10 heteroatoms. The number of halogens is 4. The first-order chi connectivity index (χ1) is 12.4. The molecule has 0 saturated carbocycles. The van der Waals surface area contributed by atoms with E-state index in [9.17, 15) is 13.2 Å². The van der Waals surface area contributed by atoms with Gasteiger partial charge in [-0.1, -0.05) is 16.8 Å². The third-order valence-electron chi connectivity index (χ3n) is 3.67. The number of nitrogens with zero attached hydrogens (tertiary/aromatic N) is 5. The summed E-state index contributed by atoms with van der Waals surface area (Å²) in [7, 11) is 0. The molecule has 138 valence electrons. The monoisotopic (exact) mass is 385 g/mol. The summed E-state index contributed by atoms with van der Waals surface area (Å²) in [6.07, 6.45) is -1.26. The first-order valence-corrected chi connectivity index (χ1v) is 8.16. The van der Waals surface area contributed by atoms with Crippen molar-refractivity contribution in [3.05, 3.63) is 58.6 Å². The maximum absolute atomic E-state index is 13.1. The van der Waals surface area contributed by atoms with Gasteiger partial charge < -0.3 is 5.11 Å². The van der Waals surface area contributed by atoms with Crippen molar-refractivity contribution in [3.8, 4) is 5.69 Å². The van der Waals surface area contributed by atoms with Gasteiger partial charge in [-0.2, -0.15) is 18.3 Å². The molecular weight excluding hydrogens is 371 g/mol. The zero-order chi connectivity index (χ0) is 18.7. The van der Waals surface area contributed by atoms with E-state index in [0.29, 0.717) is 10.7 Å². The van der Waals surface area contributed by atoms with Gasteiger partial charge in [-0.15, -0.1) is 5.10 Å². The van der Waals surface area contributed by atoms with Gasteiger partial charge in [0.1, 0.15) is 5.69 Å². The molecule has 0 spiro atoms. The molecule has 0 radical (unpaired) electrons. The van der Waals surface area contributed by atoms with Crippen molar-refractivity contribution in [1.82, 2.24) is 24.8 Å². The number of benzene rings is 1. The van der Waals surface area contributed by atoms with E-state index in [1.54, 1.807) is 30.5 Å². The van der Waals surface area contributed by atoms with E-state index in [1.807, 2.05) is 0 Å². The normalized spacial score (nSPS) is 11.9. The van der Waals surface area contributed by atoms with Gasteiger partial charge in [0.2, 0.25) is 0 Å². The predicted molar refractivity (Wildman–Crippen MR) is 88.1 cm³/mol. The Morgan fingerprint density at radius 3 is 2.50 bits per heavy atom. The lowest BCUT2D eigenvalue weighted by Gasteiger charge is -2.04. The Morgan fingerprint density at radius 2 is 1.85 bits per heavy atom. The molecule has 26 heavy (non-hydrogen) atoms. The number of aryl methyl sites for hydroxylation is 1. The quantitative estimate of drug-likeness (QED) is 0.708. The summed E-state index contributed by atoms with van der Waals surface area (Å²) in [5.41, 5.74) is 0.311. The molecule has 3 rings (SSSR count). The van der Waals surface area contributed by atoms with Gasteiger partial charge in [-0.3, -0.25) is 4.68 Å². The Morgan fingerprint density at radius 1 is 1.12 bits per heavy atom. The lowest BCUT2D eigenvalue weighted by atomic mass is 10.1. The number of hydrogen-bond donors (Lipinski definition) is 1. The lowest BCUT2D eigenvalue weighted by molar-refractivity contribution is -0.142. The second kappa shape index (κ2) is 7.46. The van der Waals surface area contributed by atoms with E-state index in [4.69, 9.17) is 16.7 Å². The van der Waals surface area contributed by atoms with Crippen molar-refractivity contribution in [2.45, 2.75) is 25.6 Å². The van der Waals surface area contributed by atoms with Gasteiger partial charge in [0, 0.05) is 23.4 Å². The van der Waals surface area contributed by atoms with E-state index in [-0.39, 0.29) is 31.6 Å². The van der Waals surface area contributed by atoms with Crippen molar-refractivity contribution < 1.29 is 18.3 Å². The summed E-state index contributed by atoms with van der Waals surface area (Å²) >= 11 is 5.84. The summed E-state index contributed by atoms with van der Waals surface area (Å²) in [6.45, 7) is -0.131. The Hall–Kier alpha value is -2.39. The maximum atomic E-state index is 13.1. The van der Waals surface area contributed by atoms with Crippen LogP contribution in [0.4, 0.5) is 13.2 Å². The van der Waals surface area contributed by atoms with Crippen LogP contribution in [0, 0.1) is 0 Å². The molecule has 0 bridgehead atoms. The molecule has 0 aliphatic carbocycles. The van der Waals surface area contributed by atoms with Crippen LogP contribution in [0.2, 0.25) is 5.02 Å². The molecule has 0 amide bonds. The van der Waals surface area contributed by atoms with Crippen LogP contribution in [0.25, 0.3) is 5.69 Å². The van der Waals surface area contributed by atoms with Crippen LogP contribution >= 0.6 is 11.6 Å². The average molecular weight is 386 g/mol. The fourth-order valence-corrected chi connectivity index (χ4v) is 2.62. The van der Waals surface area contributed by atoms with Gasteiger partial charge in [-0.05, 0) is 37.1 Å². The minimum Gasteiger partial charge on any atom is -0.396 e. The molecule has 2 aromatic heterocycles. The number of hydrogen-bond acceptors (Lipinski definition) is 4. The molecule has 0 unspecified atom stereocenters. The molecule has 0 aliphatic heterocycles. The van der Waals surface area contributed by atoms with Crippen LogP contribution in [-0.2, 0) is 19.1 Å². The van der Waals surface area contributed by atoms with Crippen molar-refractivity contribution in [2.24, 2.45) is 0 Å². The first kappa shape index (κ1) is 18.4. The predicted octanol–water partition coefficient (Wildman–Crippen LogP) is 3.11. The summed E-state index contributed by atoms with van der Waals surface area (Å²) in [4.78, 5) is 0. The molecule has 0 saturated heterocycles. The van der Waals surface area contributed by atoms with Crippen molar-refractivity contribution in [1.29, 1.82) is 0 Å². The highest BCUT2D eigenvalue weighted by Crippen LogP contribution is 2.31. The molecule has 6 nitrogen and oxygen atoms in total. The minimum atomic E-state index is -4.54. The molecule has 3 aromatic rings. The summed E-state index contributed by atoms with van der Waals surface area (Å²) in [6, 6.07) is 6.91. The van der Waals surface area contributed by atoms with Crippen LogP contribution in [-0.4, -0.2) is 36.5 Å². The molecule has 1 N–H and O–H groups in total. The fraction of sp³-hybridized carbons (Fsp3) is 0.312. The average Bonchev–Trinajstić information content (AvgIpc) is 3.21. The topological polar surface area (TPSA) is 68.8 Å². The fourth-order valence-electron chi connectivity index (χ4n) is 2.49. The zero-order valence-corrected chi connectivity index (χ0v) is 14.2. The lowest BCUT2D eigenvalue weighted by Crippen LogP contribution is -2.10. The van der Waals surface area contributed by atoms with Crippen LogP contribution < -0.4 is 0 Å². The third kappa shape index (κ3) is 4.23. The van der Waals surface area contributed by atoms with Crippen LogP contribution in [0.5, 0.6) is 0 Å². The third-order valence-corrected chi connectivity index (χ3v) is 3.92. The van der Waals surface area contributed by atoms with E-state index >= 15 is 0 Å². The first-order valence-electron chi connectivity index (χ1n) is 7.78. The van der Waals surface area contributed by atoms with Gasteiger partial charge >= 0.3 is 6.18 Å². The SMILES string of the molecule is OCCCc1cn(Cc2cn(-c3ccc(Cl)cc3)nn2)nc1C(F)(F)F. The van der Waals surface area contributed by atoms with E-state index in [1.165, 1.54) is 15.6 Å². The van der Waals surface area contributed by atoms with Crippen molar-refractivity contribution in [2.75, 3.05) is 6.61 Å². The van der Waals surface area contributed by atoms with E-state index in [2.05, 4.69) is 15.4 Å². The van der Waals surface area contributed by atoms with Crippen LogP contribution in [0.15, 0.2) is 36.7 Å². The highest BCUT2D eigenvalue weighted by molar-refractivity contribution is 6.30. The molecule has 0 aliphatic rings. The molecule has 0 fully saturated rings. The number of aromatic nitrogens is 5. The largest absolute Gasteiger partial charge is 0.435 e. The molecular formula is C16H15ClF3N5O. The smallest absolute Gasteiger partial charge is 0.396 e. The molecule has 2 heterocycles. The second-order valence-electron chi connectivity index (χ2n) is 5.66. The van der Waals surface area contributed by atoms with E-state index in [0.717, 1.165) is 5.69 Å². The zero-order valence-electron chi connectivity index (χ0n) is 13.5. The highest BCUT2D eigenvalue weighted by atomic mass is 35.5. The van der Waals surface area contributed by atoms with E-state index < -0.39 is 11.9 Å². The van der Waals surface area contributed by atoms with Crippen molar-refractivity contribution in [3.63, 3.8) is 0 Å². The summed E-state index contributed by atoms with van der Waals surface area (Å²) in [5, 5.41) is 21.0. The number of aliphatic hydroxyl groups is 1. The molecule has 0 atom stereocenters. The second-order valence-corrected chi connectivity index (χ2v) is 6.09. The number of alkyl halides is 3. The Bertz CT molecular complexity index is 873. The minimum absolute atomic E-state index is 0.0514. The Balaban J connectivity index is 1.80. The van der Waals surface area contributed by atoms with Crippen molar-refractivity contribution >= 4 is 11.6 Å². The van der Waals surface area contributed by atoms with Gasteiger partial charge in [0.05, 0.1) is 18.4 Å². The Kier molecular flexibility index (Phi) is 5.28. The van der Waals surface area contributed by atoms with Gasteiger partial charge in [-0.25, -0.2) is 4.68 Å².